The van der Waals surface area contributed by atoms with Gasteiger partial charge in [-0.05, 0) is 155 Å². The Balaban J connectivity index is 1.51. The summed E-state index contributed by atoms with van der Waals surface area (Å²) in [6.07, 6.45) is 14.7. The van der Waals surface area contributed by atoms with Crippen molar-refractivity contribution in [3.63, 3.8) is 0 Å². The van der Waals surface area contributed by atoms with E-state index < -0.39 is 0 Å². The minimum absolute atomic E-state index is 0.851. The number of nitrogens with one attached hydrogen (secondary N) is 1. The van der Waals surface area contributed by atoms with Gasteiger partial charge in [0.25, 0.3) is 0 Å². The Morgan fingerprint density at radius 2 is 1.59 bits per heavy atom. The normalized spacial score (nSPS) is 17.0. The Bertz CT molecular complexity index is 2100. The van der Waals surface area contributed by atoms with Gasteiger partial charge in [0, 0.05) is 17.6 Å². The van der Waals surface area contributed by atoms with Crippen LogP contribution in [-0.2, 0) is 0 Å². The summed E-state index contributed by atoms with van der Waals surface area (Å²) >= 11 is 0. The Morgan fingerprint density at radius 3 is 2.37 bits per heavy atom. The zero-order valence-corrected chi connectivity index (χ0v) is 27.7. The molecule has 0 amide bonds. The highest BCUT2D eigenvalue weighted by molar-refractivity contribution is 6.00. The summed E-state index contributed by atoms with van der Waals surface area (Å²) in [5.41, 5.74) is 20.1. The maximum absolute atomic E-state index is 4.89. The molecule has 7 rings (SSSR count). The Morgan fingerprint density at radius 1 is 0.804 bits per heavy atom. The lowest BCUT2D eigenvalue weighted by molar-refractivity contribution is 0.834. The first-order valence-corrected chi connectivity index (χ1v) is 16.5. The molecule has 0 aromatic heterocycles. The van der Waals surface area contributed by atoms with Crippen LogP contribution in [-0.4, -0.2) is 6.54 Å². The molecule has 226 valence electrons. The van der Waals surface area contributed by atoms with Crippen LogP contribution in [0.1, 0.15) is 66.5 Å². The lowest BCUT2D eigenvalue weighted by Gasteiger charge is -2.30. The summed E-state index contributed by atoms with van der Waals surface area (Å²) in [4.78, 5) is 0. The number of aryl methyl sites for hydroxylation is 3. The number of hydrogen-bond donors (Lipinski definition) is 1. The first kappa shape index (κ1) is 29.6. The quantitative estimate of drug-likeness (QED) is 0.242. The average Bonchev–Trinajstić information content (AvgIpc) is 3.07. The van der Waals surface area contributed by atoms with Gasteiger partial charge in [0.2, 0.25) is 0 Å². The first-order chi connectivity index (χ1) is 22.3. The maximum atomic E-state index is 4.89. The van der Waals surface area contributed by atoms with E-state index in [0.717, 1.165) is 47.9 Å². The molecule has 0 unspecified atom stereocenters. The van der Waals surface area contributed by atoms with Crippen molar-refractivity contribution in [1.29, 1.82) is 0 Å². The largest absolute Gasteiger partial charge is 0.381 e. The van der Waals surface area contributed by atoms with Gasteiger partial charge in [-0.2, -0.15) is 0 Å². The van der Waals surface area contributed by atoms with Crippen LogP contribution in [0.4, 0.5) is 0 Å². The van der Waals surface area contributed by atoms with Crippen LogP contribution in [0, 0.1) is 32.9 Å². The lowest BCUT2D eigenvalue weighted by atomic mass is 9.77. The molecule has 46 heavy (non-hydrogen) atoms. The van der Waals surface area contributed by atoms with E-state index in [1.165, 1.54) is 77.9 Å². The van der Waals surface area contributed by atoms with E-state index in [1.54, 1.807) is 0 Å². The van der Waals surface area contributed by atoms with E-state index in [0.29, 0.717) is 0 Å². The van der Waals surface area contributed by atoms with Crippen molar-refractivity contribution in [2.45, 2.75) is 53.9 Å². The fourth-order valence-corrected chi connectivity index (χ4v) is 7.10. The minimum atomic E-state index is 0.851. The Kier molecular flexibility index (Phi) is 7.75. The van der Waals surface area contributed by atoms with Gasteiger partial charge in [-0.15, -0.1) is 0 Å². The fourth-order valence-electron chi connectivity index (χ4n) is 7.10. The third kappa shape index (κ3) is 5.39. The minimum Gasteiger partial charge on any atom is -0.381 e. The molecule has 1 heterocycles. The molecule has 2 aliphatic carbocycles. The average molecular weight is 596 g/mol. The zero-order valence-electron chi connectivity index (χ0n) is 27.7. The molecule has 0 radical (unpaired) electrons. The van der Waals surface area contributed by atoms with Gasteiger partial charge in [0.15, 0.2) is 0 Å². The summed E-state index contributed by atoms with van der Waals surface area (Å²) in [5, 5.41) is 5.99. The highest BCUT2D eigenvalue weighted by Crippen LogP contribution is 2.45. The summed E-state index contributed by atoms with van der Waals surface area (Å²) < 4.78 is 0. The van der Waals surface area contributed by atoms with Gasteiger partial charge in [-0.1, -0.05) is 97.1 Å². The van der Waals surface area contributed by atoms with Crippen molar-refractivity contribution in [2.24, 2.45) is 0 Å². The van der Waals surface area contributed by atoms with E-state index in [-0.39, 0.29) is 0 Å². The number of fused-ring (bicyclic) bond motifs is 2. The third-order valence-corrected chi connectivity index (χ3v) is 9.90. The van der Waals surface area contributed by atoms with Crippen molar-refractivity contribution in [3.05, 3.63) is 177 Å². The molecule has 3 aliphatic rings. The van der Waals surface area contributed by atoms with Crippen LogP contribution in [0.25, 0.3) is 33.0 Å². The molecule has 1 nitrogen and oxygen atoms in total. The van der Waals surface area contributed by atoms with Crippen molar-refractivity contribution < 1.29 is 0 Å². The van der Waals surface area contributed by atoms with Gasteiger partial charge in [-0.25, -0.2) is 0 Å². The Labute approximate surface area is 274 Å². The second-order valence-electron chi connectivity index (χ2n) is 13.0. The fraction of sp³-hybridized carbons (Fsp3) is 0.200. The van der Waals surface area contributed by atoms with Gasteiger partial charge in [-0.3, -0.25) is 0 Å². The SMILES string of the molecule is C=C(c1cc(C)c(C)cc1/C(C1=C2NCC=CC2=CCC1)=C1/C=C(C)C(C)=CC1)c1cc2c#cc(C)cc2cc1-c1ccccc1. The second kappa shape index (κ2) is 12.0. The van der Waals surface area contributed by atoms with Crippen LogP contribution in [0.3, 0.4) is 0 Å². The molecule has 0 spiro atoms. The summed E-state index contributed by atoms with van der Waals surface area (Å²) in [6, 6.07) is 29.0. The van der Waals surface area contributed by atoms with Crippen molar-refractivity contribution >= 4 is 21.9 Å². The topological polar surface area (TPSA) is 12.0 Å². The highest BCUT2D eigenvalue weighted by Gasteiger charge is 2.26. The molecule has 0 atom stereocenters. The molecular weight excluding hydrogens is 555 g/mol. The number of hydrogen-bond acceptors (Lipinski definition) is 1. The number of benzene rings is 3. The van der Waals surface area contributed by atoms with Gasteiger partial charge >= 0.3 is 0 Å². The second-order valence-corrected chi connectivity index (χ2v) is 13.0. The van der Waals surface area contributed by atoms with Crippen LogP contribution in [0.5, 0.6) is 0 Å². The van der Waals surface area contributed by atoms with Gasteiger partial charge < -0.3 is 5.32 Å². The van der Waals surface area contributed by atoms with Crippen molar-refractivity contribution in [2.75, 3.05) is 6.54 Å². The van der Waals surface area contributed by atoms with Crippen molar-refractivity contribution in [3.8, 4) is 11.1 Å². The van der Waals surface area contributed by atoms with E-state index in [4.69, 9.17) is 6.58 Å². The van der Waals surface area contributed by atoms with E-state index in [2.05, 4.69) is 143 Å². The number of allylic oxidation sites excluding steroid dienone is 9. The monoisotopic (exact) mass is 595 g/mol. The molecule has 0 saturated carbocycles. The van der Waals surface area contributed by atoms with Gasteiger partial charge in [0.1, 0.15) is 0 Å². The van der Waals surface area contributed by atoms with Crippen LogP contribution in [0.2, 0.25) is 0 Å². The van der Waals surface area contributed by atoms with E-state index >= 15 is 0 Å². The smallest absolute Gasteiger partial charge is 0.0451 e. The molecule has 0 fully saturated rings. The molecule has 0 saturated heterocycles. The maximum Gasteiger partial charge on any atom is 0.0451 e. The van der Waals surface area contributed by atoms with Crippen LogP contribution >= 0.6 is 0 Å². The van der Waals surface area contributed by atoms with E-state index in [9.17, 15) is 0 Å². The Hall–Kier alpha value is -5.06. The predicted molar refractivity (Wildman–Crippen MR) is 196 cm³/mol. The lowest BCUT2D eigenvalue weighted by Crippen LogP contribution is -2.23. The molecule has 1 N–H and O–H groups in total. The van der Waals surface area contributed by atoms with Crippen molar-refractivity contribution in [1.82, 2.24) is 5.32 Å². The standard InChI is InChI=1S/C45H41N/c1-28-17-19-36-26-41(42(27-38(36)22-28)34-12-8-7-9-13-34)33(6)40-24-31(4)32(5)25-43(40)44(37-20-18-29(2)30(3)23-37)39-16-10-14-35-15-11-21-46-45(35)39/h7-9,11-15,18,22-27,46H,6,10,16,20-21H2,1-5H3/b44-37+. The molecule has 0 bridgehead atoms. The molecule has 4 aromatic rings. The van der Waals surface area contributed by atoms with Crippen LogP contribution in [0.15, 0.2) is 131 Å². The van der Waals surface area contributed by atoms with Gasteiger partial charge in [0.05, 0.1) is 0 Å². The number of rotatable bonds is 5. The molecule has 4 aromatic carbocycles. The molecule has 1 heteroatoms. The first-order valence-electron chi connectivity index (χ1n) is 16.5. The van der Waals surface area contributed by atoms with E-state index in [1.807, 2.05) is 0 Å². The summed E-state index contributed by atoms with van der Waals surface area (Å²) in [5.74, 6) is 0. The summed E-state index contributed by atoms with van der Waals surface area (Å²) in [7, 11) is 0. The molecular formula is C45H41N. The third-order valence-electron chi connectivity index (χ3n) is 9.90. The zero-order chi connectivity index (χ0) is 31.9. The predicted octanol–water partition coefficient (Wildman–Crippen LogP) is 11.3. The van der Waals surface area contributed by atoms with Crippen LogP contribution < -0.4 is 5.32 Å². The highest BCUT2D eigenvalue weighted by atomic mass is 14.9. The molecule has 1 aliphatic heterocycles. The summed E-state index contributed by atoms with van der Waals surface area (Å²) in [6.45, 7) is 16.8.